The van der Waals surface area contributed by atoms with Crippen LogP contribution in [0.3, 0.4) is 0 Å². The lowest BCUT2D eigenvalue weighted by atomic mass is 10.3. The van der Waals surface area contributed by atoms with E-state index in [0.717, 1.165) is 29.0 Å². The Hall–Kier alpha value is -1.36. The quantitative estimate of drug-likeness (QED) is 0.906. The second kappa shape index (κ2) is 4.87. The molecule has 2 rings (SSSR count). The molecule has 4 nitrogen and oxygen atoms in total. The molecule has 0 saturated carbocycles. The number of aryl methyl sites for hydroxylation is 1. The Balaban J connectivity index is 2.60. The Morgan fingerprint density at radius 3 is 2.65 bits per heavy atom. The summed E-state index contributed by atoms with van der Waals surface area (Å²) in [5, 5.41) is 4.33. The Kier molecular flexibility index (Phi) is 3.47. The first-order chi connectivity index (χ1) is 8.15. The van der Waals surface area contributed by atoms with Crippen molar-refractivity contribution < 1.29 is 0 Å². The Bertz CT molecular complexity index is 518. The largest absolute Gasteiger partial charge is 0.362 e. The van der Waals surface area contributed by atoms with Crippen LogP contribution in [-0.2, 0) is 6.42 Å². The van der Waals surface area contributed by atoms with Crippen LogP contribution >= 0.6 is 11.3 Å². The molecule has 0 amide bonds. The van der Waals surface area contributed by atoms with Crippen LogP contribution in [0.5, 0.6) is 0 Å². The third kappa shape index (κ3) is 2.34. The van der Waals surface area contributed by atoms with Gasteiger partial charge in [0.05, 0.1) is 5.39 Å². The Labute approximate surface area is 106 Å². The first-order valence-electron chi connectivity index (χ1n) is 5.87. The number of aromatic nitrogens is 2. The van der Waals surface area contributed by atoms with Crippen molar-refractivity contribution in [2.45, 2.75) is 20.3 Å². The van der Waals surface area contributed by atoms with Crippen molar-refractivity contribution in [2.24, 2.45) is 0 Å². The van der Waals surface area contributed by atoms with Crippen molar-refractivity contribution in [1.82, 2.24) is 9.97 Å². The number of anilines is 2. The minimum Gasteiger partial charge on any atom is -0.362 e. The zero-order valence-corrected chi connectivity index (χ0v) is 11.6. The summed E-state index contributed by atoms with van der Waals surface area (Å²) in [7, 11) is 4.03. The molecule has 2 aromatic rings. The van der Waals surface area contributed by atoms with E-state index in [0.29, 0.717) is 5.95 Å². The topological polar surface area (TPSA) is 41.1 Å². The molecule has 0 spiro atoms. The molecule has 2 heterocycles. The van der Waals surface area contributed by atoms with E-state index < -0.39 is 0 Å². The number of nitrogens with zero attached hydrogens (tertiary/aromatic N) is 3. The van der Waals surface area contributed by atoms with E-state index in [1.165, 1.54) is 4.88 Å². The Morgan fingerprint density at radius 1 is 1.29 bits per heavy atom. The lowest BCUT2D eigenvalue weighted by Crippen LogP contribution is -2.13. The second-order valence-corrected chi connectivity index (χ2v) is 5.20. The molecule has 0 aliphatic carbocycles. The fourth-order valence-electron chi connectivity index (χ4n) is 1.71. The van der Waals surface area contributed by atoms with Gasteiger partial charge in [-0.2, -0.15) is 4.98 Å². The zero-order valence-electron chi connectivity index (χ0n) is 10.7. The molecule has 0 unspecified atom stereocenters. The van der Waals surface area contributed by atoms with Crippen molar-refractivity contribution in [3.63, 3.8) is 0 Å². The number of nitrogens with one attached hydrogen (secondary N) is 1. The minimum absolute atomic E-state index is 0.716. The number of hydrogen-bond acceptors (Lipinski definition) is 5. The maximum atomic E-state index is 4.55. The molecular weight excluding hydrogens is 232 g/mol. The van der Waals surface area contributed by atoms with Gasteiger partial charge in [-0.1, -0.05) is 6.92 Å². The van der Waals surface area contributed by atoms with Gasteiger partial charge in [0.15, 0.2) is 0 Å². The van der Waals surface area contributed by atoms with E-state index in [9.17, 15) is 0 Å². The van der Waals surface area contributed by atoms with Crippen molar-refractivity contribution in [3.8, 4) is 0 Å². The smallest absolute Gasteiger partial charge is 0.226 e. The van der Waals surface area contributed by atoms with Crippen molar-refractivity contribution in [3.05, 3.63) is 10.9 Å². The molecule has 0 fully saturated rings. The van der Waals surface area contributed by atoms with E-state index in [1.807, 2.05) is 19.0 Å². The third-order valence-corrected chi connectivity index (χ3v) is 3.70. The summed E-state index contributed by atoms with van der Waals surface area (Å²) in [6.07, 6.45) is 1.05. The Morgan fingerprint density at radius 2 is 2.06 bits per heavy atom. The summed E-state index contributed by atoms with van der Waals surface area (Å²) in [5.74, 6) is 1.70. The lowest BCUT2D eigenvalue weighted by Gasteiger charge is -2.13. The highest BCUT2D eigenvalue weighted by molar-refractivity contribution is 7.18. The maximum absolute atomic E-state index is 4.55. The molecule has 0 bridgehead atoms. The van der Waals surface area contributed by atoms with E-state index in [1.54, 1.807) is 11.3 Å². The average Bonchev–Trinajstić information content (AvgIpc) is 2.71. The van der Waals surface area contributed by atoms with Gasteiger partial charge in [-0.25, -0.2) is 4.98 Å². The van der Waals surface area contributed by atoms with E-state index in [2.05, 4.69) is 35.2 Å². The van der Waals surface area contributed by atoms with Gasteiger partial charge in [0.2, 0.25) is 5.95 Å². The van der Waals surface area contributed by atoms with Gasteiger partial charge in [-0.05, 0) is 19.4 Å². The van der Waals surface area contributed by atoms with E-state index >= 15 is 0 Å². The number of rotatable bonds is 4. The van der Waals surface area contributed by atoms with Crippen LogP contribution in [0.15, 0.2) is 6.07 Å². The standard InChI is InChI=1S/C12H18N4S/c1-5-8-7-9-10(16(3)4)14-12(13-6-2)15-11(9)17-8/h7H,5-6H2,1-4H3,(H,13,14,15). The molecule has 92 valence electrons. The highest BCUT2D eigenvalue weighted by Crippen LogP contribution is 2.31. The zero-order chi connectivity index (χ0) is 12.4. The van der Waals surface area contributed by atoms with Crippen LogP contribution < -0.4 is 10.2 Å². The van der Waals surface area contributed by atoms with Gasteiger partial charge in [0.25, 0.3) is 0 Å². The SMILES string of the molecule is CCNc1nc(N(C)C)c2cc(CC)sc2n1. The molecule has 5 heteroatoms. The summed E-state index contributed by atoms with van der Waals surface area (Å²) in [4.78, 5) is 13.6. The fraction of sp³-hybridized carbons (Fsp3) is 0.500. The molecule has 0 aromatic carbocycles. The van der Waals surface area contributed by atoms with Crippen molar-refractivity contribution in [1.29, 1.82) is 0 Å². The van der Waals surface area contributed by atoms with Gasteiger partial charge in [-0.3, -0.25) is 0 Å². The second-order valence-electron chi connectivity index (χ2n) is 4.08. The number of hydrogen-bond donors (Lipinski definition) is 1. The summed E-state index contributed by atoms with van der Waals surface area (Å²) >= 11 is 1.75. The van der Waals surface area contributed by atoms with Crippen molar-refractivity contribution >= 4 is 33.3 Å². The molecule has 2 aromatic heterocycles. The molecule has 17 heavy (non-hydrogen) atoms. The molecule has 0 radical (unpaired) electrons. The summed E-state index contributed by atoms with van der Waals surface area (Å²) in [6.45, 7) is 5.05. The highest BCUT2D eigenvalue weighted by atomic mass is 32.1. The van der Waals surface area contributed by atoms with Gasteiger partial charge in [-0.15, -0.1) is 11.3 Å². The third-order valence-electron chi connectivity index (χ3n) is 2.53. The van der Waals surface area contributed by atoms with Crippen LogP contribution in [0.1, 0.15) is 18.7 Å². The van der Waals surface area contributed by atoms with Crippen LogP contribution in [-0.4, -0.2) is 30.6 Å². The maximum Gasteiger partial charge on any atom is 0.226 e. The molecular formula is C12H18N4S. The van der Waals surface area contributed by atoms with Crippen LogP contribution in [0, 0.1) is 0 Å². The highest BCUT2D eigenvalue weighted by Gasteiger charge is 2.12. The molecule has 0 atom stereocenters. The summed E-state index contributed by atoms with van der Waals surface area (Å²) in [6, 6.07) is 2.20. The monoisotopic (exact) mass is 250 g/mol. The summed E-state index contributed by atoms with van der Waals surface area (Å²) < 4.78 is 0. The minimum atomic E-state index is 0.716. The normalized spacial score (nSPS) is 10.8. The van der Waals surface area contributed by atoms with Gasteiger partial charge < -0.3 is 10.2 Å². The van der Waals surface area contributed by atoms with Gasteiger partial charge >= 0.3 is 0 Å². The molecule has 0 aliphatic rings. The lowest BCUT2D eigenvalue weighted by molar-refractivity contribution is 1.04. The van der Waals surface area contributed by atoms with Gasteiger partial charge in [0.1, 0.15) is 10.6 Å². The average molecular weight is 250 g/mol. The predicted octanol–water partition coefficient (Wildman–Crippen LogP) is 2.75. The number of thiophene rings is 1. The summed E-state index contributed by atoms with van der Waals surface area (Å²) in [5.41, 5.74) is 0. The molecule has 0 aliphatic heterocycles. The van der Waals surface area contributed by atoms with E-state index in [4.69, 9.17) is 0 Å². The van der Waals surface area contributed by atoms with Gasteiger partial charge in [0, 0.05) is 25.5 Å². The van der Waals surface area contributed by atoms with E-state index in [-0.39, 0.29) is 0 Å². The predicted molar refractivity (Wildman–Crippen MR) is 75.3 cm³/mol. The fourth-order valence-corrected chi connectivity index (χ4v) is 2.67. The van der Waals surface area contributed by atoms with Crippen LogP contribution in [0.25, 0.3) is 10.2 Å². The van der Waals surface area contributed by atoms with Crippen LogP contribution in [0.4, 0.5) is 11.8 Å². The first kappa shape index (κ1) is 12.1. The van der Waals surface area contributed by atoms with Crippen molar-refractivity contribution in [2.75, 3.05) is 30.9 Å². The molecule has 1 N–H and O–H groups in total. The first-order valence-corrected chi connectivity index (χ1v) is 6.69. The van der Waals surface area contributed by atoms with Crippen LogP contribution in [0.2, 0.25) is 0 Å². The molecule has 0 saturated heterocycles. The number of fused-ring (bicyclic) bond motifs is 1.